The number of carboxylic acids is 1. The summed E-state index contributed by atoms with van der Waals surface area (Å²) in [6.07, 6.45) is 0.684. The second-order valence-corrected chi connectivity index (χ2v) is 5.64. The summed E-state index contributed by atoms with van der Waals surface area (Å²) in [4.78, 5) is 33.6. The molecule has 0 bridgehead atoms. The predicted molar refractivity (Wildman–Crippen MR) is 91.9 cm³/mol. The maximum atomic E-state index is 11.6. The Morgan fingerprint density at radius 2 is 2.04 bits per heavy atom. The fourth-order valence-corrected chi connectivity index (χ4v) is 2.24. The Hall–Kier alpha value is -2.84. The zero-order chi connectivity index (χ0) is 19.0. The molecule has 9 nitrogen and oxygen atoms in total. The molecule has 138 valence electrons. The molecule has 0 aliphatic heterocycles. The van der Waals surface area contributed by atoms with Gasteiger partial charge in [0.1, 0.15) is 11.7 Å². The van der Waals surface area contributed by atoms with Gasteiger partial charge >= 0.3 is 12.1 Å². The number of amides is 1. The number of nitrogens with zero attached hydrogens (tertiary/aromatic N) is 1. The fraction of sp³-hybridized carbons (Fsp3) is 0.500. The number of aryl methyl sites for hydroxylation is 2. The van der Waals surface area contributed by atoms with Gasteiger partial charge < -0.3 is 20.5 Å². The van der Waals surface area contributed by atoms with Crippen molar-refractivity contribution in [2.45, 2.75) is 39.7 Å². The van der Waals surface area contributed by atoms with Crippen molar-refractivity contribution in [2.24, 2.45) is 0 Å². The van der Waals surface area contributed by atoms with Crippen molar-refractivity contribution in [3.05, 3.63) is 33.4 Å². The van der Waals surface area contributed by atoms with Crippen molar-refractivity contribution in [2.75, 3.05) is 18.5 Å². The number of nitro groups is 1. The topological polar surface area (TPSA) is 131 Å². The number of alkyl carbamates (subject to hydrolysis) is 1. The summed E-state index contributed by atoms with van der Waals surface area (Å²) in [5.74, 6) is -1.27. The number of aliphatic carboxylic acids is 1. The second-order valence-electron chi connectivity index (χ2n) is 5.64. The molecule has 0 radical (unpaired) electrons. The van der Waals surface area contributed by atoms with E-state index in [2.05, 4.69) is 10.6 Å². The van der Waals surface area contributed by atoms with E-state index in [9.17, 15) is 24.8 Å². The van der Waals surface area contributed by atoms with E-state index in [1.54, 1.807) is 26.0 Å². The molecular formula is C16H23N3O6. The van der Waals surface area contributed by atoms with Crippen LogP contribution in [0.2, 0.25) is 0 Å². The van der Waals surface area contributed by atoms with Gasteiger partial charge in [-0.25, -0.2) is 9.59 Å². The zero-order valence-electron chi connectivity index (χ0n) is 14.5. The van der Waals surface area contributed by atoms with Crippen LogP contribution in [-0.2, 0) is 9.53 Å². The summed E-state index contributed by atoms with van der Waals surface area (Å²) in [7, 11) is 0. The average Bonchev–Trinajstić information content (AvgIpc) is 2.50. The lowest BCUT2D eigenvalue weighted by Crippen LogP contribution is -2.45. The number of carbonyl (C=O) groups excluding carboxylic acids is 1. The van der Waals surface area contributed by atoms with Crippen molar-refractivity contribution in [1.29, 1.82) is 0 Å². The molecule has 1 amide bonds. The molecule has 0 aliphatic rings. The van der Waals surface area contributed by atoms with Crippen LogP contribution in [0.15, 0.2) is 12.1 Å². The van der Waals surface area contributed by atoms with Crippen LogP contribution in [0.25, 0.3) is 0 Å². The highest BCUT2D eigenvalue weighted by Gasteiger charge is 2.23. The van der Waals surface area contributed by atoms with Gasteiger partial charge in [-0.3, -0.25) is 10.1 Å². The molecule has 1 rings (SSSR count). The first kappa shape index (κ1) is 20.2. The smallest absolute Gasteiger partial charge is 0.407 e. The summed E-state index contributed by atoms with van der Waals surface area (Å²) in [6, 6.07) is 1.94. The standard InChI is InChI=1S/C16H23N3O6/c1-4-5-6-25-16(22)18-13(15(20)21)9-17-12-8-10(2)7-11(3)14(12)19(23)24/h7-8,13,17H,4-6,9H2,1-3H3,(H,18,22)(H,20,21). The number of anilines is 1. The van der Waals surface area contributed by atoms with Crippen LogP contribution in [-0.4, -0.2) is 41.3 Å². The van der Waals surface area contributed by atoms with Crippen molar-refractivity contribution in [1.82, 2.24) is 5.32 Å². The average molecular weight is 353 g/mol. The molecule has 0 aliphatic carbocycles. The van der Waals surface area contributed by atoms with Gasteiger partial charge in [0.05, 0.1) is 11.5 Å². The first-order valence-corrected chi connectivity index (χ1v) is 7.91. The summed E-state index contributed by atoms with van der Waals surface area (Å²) < 4.78 is 4.87. The number of nitro benzene ring substituents is 1. The summed E-state index contributed by atoms with van der Waals surface area (Å²) in [6.45, 7) is 5.29. The Morgan fingerprint density at radius 3 is 2.60 bits per heavy atom. The minimum atomic E-state index is -1.28. The molecule has 0 saturated carbocycles. The number of hydrogen-bond donors (Lipinski definition) is 3. The lowest BCUT2D eigenvalue weighted by atomic mass is 10.1. The minimum Gasteiger partial charge on any atom is -0.480 e. The van der Waals surface area contributed by atoms with E-state index in [4.69, 9.17) is 4.74 Å². The molecule has 0 heterocycles. The first-order chi connectivity index (χ1) is 11.8. The van der Waals surface area contributed by atoms with E-state index in [-0.39, 0.29) is 24.5 Å². The number of carboxylic acid groups (broad SMARTS) is 1. The molecule has 0 aromatic heterocycles. The number of rotatable bonds is 9. The minimum absolute atomic E-state index is 0.125. The molecule has 1 unspecified atom stereocenters. The zero-order valence-corrected chi connectivity index (χ0v) is 14.5. The predicted octanol–water partition coefficient (Wildman–Crippen LogP) is 2.60. The lowest BCUT2D eigenvalue weighted by Gasteiger charge is -2.16. The Bertz CT molecular complexity index is 647. The van der Waals surface area contributed by atoms with Crippen LogP contribution in [0.3, 0.4) is 0 Å². The van der Waals surface area contributed by atoms with E-state index in [0.29, 0.717) is 12.0 Å². The van der Waals surface area contributed by atoms with Crippen molar-refractivity contribution in [3.63, 3.8) is 0 Å². The third-order valence-corrected chi connectivity index (χ3v) is 3.45. The van der Waals surface area contributed by atoms with Gasteiger partial charge in [0.2, 0.25) is 0 Å². The molecule has 3 N–H and O–H groups in total. The monoisotopic (exact) mass is 353 g/mol. The van der Waals surface area contributed by atoms with Crippen molar-refractivity contribution >= 4 is 23.4 Å². The Kier molecular flexibility index (Phi) is 7.64. The number of carbonyl (C=O) groups is 2. The maximum Gasteiger partial charge on any atom is 0.407 e. The molecule has 25 heavy (non-hydrogen) atoms. The molecule has 1 atom stereocenters. The van der Waals surface area contributed by atoms with Gasteiger partial charge in [0, 0.05) is 12.1 Å². The van der Waals surface area contributed by atoms with Crippen molar-refractivity contribution < 1.29 is 24.4 Å². The van der Waals surface area contributed by atoms with Crippen LogP contribution in [0.5, 0.6) is 0 Å². The van der Waals surface area contributed by atoms with E-state index in [0.717, 1.165) is 12.0 Å². The van der Waals surface area contributed by atoms with E-state index in [1.807, 2.05) is 6.92 Å². The molecular weight excluding hydrogens is 330 g/mol. The third kappa shape index (κ3) is 6.28. The Balaban J connectivity index is 2.80. The molecule has 1 aromatic rings. The summed E-state index contributed by atoms with van der Waals surface area (Å²) in [5.41, 5.74) is 1.34. The Morgan fingerprint density at radius 1 is 1.36 bits per heavy atom. The van der Waals surface area contributed by atoms with Gasteiger partial charge in [-0.1, -0.05) is 13.3 Å². The van der Waals surface area contributed by atoms with Crippen molar-refractivity contribution in [3.8, 4) is 0 Å². The highest BCUT2D eigenvalue weighted by Crippen LogP contribution is 2.29. The van der Waals surface area contributed by atoms with Gasteiger partial charge in [-0.05, 0) is 38.0 Å². The molecule has 1 aromatic carbocycles. The van der Waals surface area contributed by atoms with Gasteiger partial charge in [-0.2, -0.15) is 0 Å². The van der Waals surface area contributed by atoms with Gasteiger partial charge in [0.25, 0.3) is 5.69 Å². The molecule has 0 fully saturated rings. The second kappa shape index (κ2) is 9.45. The van der Waals surface area contributed by atoms with E-state index in [1.165, 1.54) is 0 Å². The highest BCUT2D eigenvalue weighted by atomic mass is 16.6. The van der Waals surface area contributed by atoms with E-state index >= 15 is 0 Å². The van der Waals surface area contributed by atoms with Crippen LogP contribution >= 0.6 is 0 Å². The SMILES string of the molecule is CCCCOC(=O)NC(CNc1cc(C)cc(C)c1[N+](=O)[O-])C(=O)O. The molecule has 0 saturated heterocycles. The lowest BCUT2D eigenvalue weighted by molar-refractivity contribution is -0.384. The fourth-order valence-electron chi connectivity index (χ4n) is 2.24. The normalized spacial score (nSPS) is 11.5. The number of nitrogens with one attached hydrogen (secondary N) is 2. The first-order valence-electron chi connectivity index (χ1n) is 7.91. The highest BCUT2D eigenvalue weighted by molar-refractivity contribution is 5.81. The number of hydrogen-bond acceptors (Lipinski definition) is 6. The van der Waals surface area contributed by atoms with Gasteiger partial charge in [0.15, 0.2) is 0 Å². The van der Waals surface area contributed by atoms with Crippen LogP contribution in [0.4, 0.5) is 16.2 Å². The number of ether oxygens (including phenoxy) is 1. The van der Waals surface area contributed by atoms with Crippen LogP contribution in [0, 0.1) is 24.0 Å². The maximum absolute atomic E-state index is 11.6. The third-order valence-electron chi connectivity index (χ3n) is 3.45. The van der Waals surface area contributed by atoms with Crippen LogP contribution < -0.4 is 10.6 Å². The van der Waals surface area contributed by atoms with Gasteiger partial charge in [-0.15, -0.1) is 0 Å². The number of unbranched alkanes of at least 4 members (excludes halogenated alkanes) is 1. The largest absolute Gasteiger partial charge is 0.480 e. The molecule has 0 spiro atoms. The summed E-state index contributed by atoms with van der Waals surface area (Å²) in [5, 5.41) is 25.4. The quantitative estimate of drug-likeness (QED) is 0.353. The van der Waals surface area contributed by atoms with E-state index < -0.39 is 23.0 Å². The van der Waals surface area contributed by atoms with Crippen LogP contribution in [0.1, 0.15) is 30.9 Å². The number of benzene rings is 1. The molecule has 9 heteroatoms. The summed E-state index contributed by atoms with van der Waals surface area (Å²) >= 11 is 0. The Labute approximate surface area is 145 Å².